The normalized spacial score (nSPS) is 11.6. The van der Waals surface area contributed by atoms with Crippen LogP contribution in [0.1, 0.15) is 25.5 Å². The van der Waals surface area contributed by atoms with Gasteiger partial charge in [0.05, 0.1) is 13.2 Å². The summed E-state index contributed by atoms with van der Waals surface area (Å²) in [5.74, 6) is 9.32. The third kappa shape index (κ3) is 3.38. The van der Waals surface area contributed by atoms with Crippen LogP contribution in [0.15, 0.2) is 18.2 Å². The number of nitrogens with two attached hydrogens (primary N) is 1. The molecule has 1 atom stereocenters. The minimum absolute atomic E-state index is 0.329. The summed E-state index contributed by atoms with van der Waals surface area (Å²) >= 11 is 0. The van der Waals surface area contributed by atoms with Crippen LogP contribution in [0.2, 0.25) is 0 Å². The van der Waals surface area contributed by atoms with Gasteiger partial charge in [0, 0.05) is 0 Å². The molecule has 0 aliphatic rings. The topological polar surface area (TPSA) is 56.5 Å². The van der Waals surface area contributed by atoms with E-state index in [1.165, 1.54) is 0 Å². The Hall–Kier alpha value is -1.70. The molecule has 0 radical (unpaired) electrons. The molecule has 1 unspecified atom stereocenters. The molecular formula is C13H18N2O2. The number of hydrazine groups is 1. The predicted molar refractivity (Wildman–Crippen MR) is 67.7 cm³/mol. The van der Waals surface area contributed by atoms with E-state index in [2.05, 4.69) is 11.3 Å². The van der Waals surface area contributed by atoms with E-state index in [9.17, 15) is 0 Å². The number of hydrogen-bond acceptors (Lipinski definition) is 4. The minimum Gasteiger partial charge on any atom is -0.490 e. The van der Waals surface area contributed by atoms with Gasteiger partial charge in [-0.3, -0.25) is 5.84 Å². The number of nitrogens with one attached hydrogen (secondary N) is 1. The molecule has 0 amide bonds. The first-order chi connectivity index (χ1) is 8.26. The van der Waals surface area contributed by atoms with Gasteiger partial charge in [-0.2, -0.15) is 0 Å². The second-order valence-corrected chi connectivity index (χ2v) is 3.34. The highest BCUT2D eigenvalue weighted by atomic mass is 16.5. The van der Waals surface area contributed by atoms with E-state index in [4.69, 9.17) is 21.7 Å². The van der Waals surface area contributed by atoms with Gasteiger partial charge in [0.25, 0.3) is 0 Å². The molecule has 0 spiro atoms. The third-order valence-corrected chi connectivity index (χ3v) is 2.23. The van der Waals surface area contributed by atoms with Gasteiger partial charge < -0.3 is 9.47 Å². The maximum Gasteiger partial charge on any atom is 0.161 e. The summed E-state index contributed by atoms with van der Waals surface area (Å²) in [6.45, 7) is 5.00. The second-order valence-electron chi connectivity index (χ2n) is 3.34. The summed E-state index contributed by atoms with van der Waals surface area (Å²) in [4.78, 5) is 0. The first-order valence-electron chi connectivity index (χ1n) is 5.58. The molecule has 0 aliphatic carbocycles. The molecule has 92 valence electrons. The van der Waals surface area contributed by atoms with Gasteiger partial charge in [-0.05, 0) is 31.5 Å². The first kappa shape index (κ1) is 13.4. The molecule has 1 aromatic rings. The molecule has 0 saturated heterocycles. The monoisotopic (exact) mass is 234 g/mol. The lowest BCUT2D eigenvalue weighted by atomic mass is 10.1. The Morgan fingerprint density at radius 3 is 2.47 bits per heavy atom. The average Bonchev–Trinajstić information content (AvgIpc) is 2.34. The standard InChI is InChI=1S/C13H18N2O2/c1-4-11(15-14)10-7-8-12(16-5-2)13(9-10)17-6-3/h1,7-9,11,15H,5-6,14H2,2-3H3. The number of ether oxygens (including phenoxy) is 2. The summed E-state index contributed by atoms with van der Waals surface area (Å²) in [5, 5.41) is 0. The van der Waals surface area contributed by atoms with Gasteiger partial charge >= 0.3 is 0 Å². The van der Waals surface area contributed by atoms with Crippen molar-refractivity contribution in [3.8, 4) is 23.8 Å². The van der Waals surface area contributed by atoms with Crippen LogP contribution in [0.25, 0.3) is 0 Å². The predicted octanol–water partition coefficient (Wildman–Crippen LogP) is 1.62. The van der Waals surface area contributed by atoms with Crippen molar-refractivity contribution in [2.45, 2.75) is 19.9 Å². The van der Waals surface area contributed by atoms with E-state index >= 15 is 0 Å². The molecule has 1 rings (SSSR count). The Labute approximate surface area is 102 Å². The lowest BCUT2D eigenvalue weighted by molar-refractivity contribution is 0.287. The summed E-state index contributed by atoms with van der Waals surface area (Å²) in [7, 11) is 0. The quantitative estimate of drug-likeness (QED) is 0.446. The van der Waals surface area contributed by atoms with Crippen LogP contribution < -0.4 is 20.7 Å². The zero-order valence-corrected chi connectivity index (χ0v) is 10.2. The largest absolute Gasteiger partial charge is 0.490 e. The molecule has 0 fully saturated rings. The van der Waals surface area contributed by atoms with Crippen LogP contribution in [0.3, 0.4) is 0 Å². The Kier molecular flexibility index (Phi) is 5.34. The van der Waals surface area contributed by atoms with Crippen molar-refractivity contribution in [2.24, 2.45) is 5.84 Å². The van der Waals surface area contributed by atoms with Crippen molar-refractivity contribution >= 4 is 0 Å². The highest BCUT2D eigenvalue weighted by Crippen LogP contribution is 2.30. The average molecular weight is 234 g/mol. The van der Waals surface area contributed by atoms with E-state index in [0.29, 0.717) is 24.7 Å². The van der Waals surface area contributed by atoms with Gasteiger partial charge in [0.2, 0.25) is 0 Å². The lowest BCUT2D eigenvalue weighted by Crippen LogP contribution is -2.26. The van der Waals surface area contributed by atoms with Gasteiger partial charge in [-0.25, -0.2) is 5.43 Å². The molecule has 0 aliphatic heterocycles. The summed E-state index contributed by atoms with van der Waals surface area (Å²) < 4.78 is 11.0. The van der Waals surface area contributed by atoms with Crippen LogP contribution in [0.4, 0.5) is 0 Å². The fourth-order valence-corrected chi connectivity index (χ4v) is 1.49. The molecular weight excluding hydrogens is 216 g/mol. The van der Waals surface area contributed by atoms with Crippen LogP contribution >= 0.6 is 0 Å². The second kappa shape index (κ2) is 6.79. The van der Waals surface area contributed by atoms with Gasteiger partial charge in [-0.15, -0.1) is 6.42 Å². The molecule has 3 N–H and O–H groups in total. The van der Waals surface area contributed by atoms with Crippen molar-refractivity contribution in [2.75, 3.05) is 13.2 Å². The fourth-order valence-electron chi connectivity index (χ4n) is 1.49. The van der Waals surface area contributed by atoms with E-state index in [1.807, 2.05) is 32.0 Å². The van der Waals surface area contributed by atoms with Crippen LogP contribution in [0.5, 0.6) is 11.5 Å². The highest BCUT2D eigenvalue weighted by Gasteiger charge is 2.11. The van der Waals surface area contributed by atoms with E-state index < -0.39 is 0 Å². The Bertz CT molecular complexity index is 399. The van der Waals surface area contributed by atoms with E-state index in [0.717, 1.165) is 5.56 Å². The van der Waals surface area contributed by atoms with E-state index in [-0.39, 0.29) is 6.04 Å². The van der Waals surface area contributed by atoms with Crippen molar-refractivity contribution in [3.63, 3.8) is 0 Å². The van der Waals surface area contributed by atoms with Crippen LogP contribution in [-0.2, 0) is 0 Å². The smallest absolute Gasteiger partial charge is 0.161 e. The molecule has 17 heavy (non-hydrogen) atoms. The molecule has 0 heterocycles. The van der Waals surface area contributed by atoms with Crippen LogP contribution in [-0.4, -0.2) is 13.2 Å². The fraction of sp³-hybridized carbons (Fsp3) is 0.385. The van der Waals surface area contributed by atoms with Gasteiger partial charge in [0.15, 0.2) is 11.5 Å². The van der Waals surface area contributed by atoms with Crippen molar-refractivity contribution in [1.82, 2.24) is 5.43 Å². The van der Waals surface area contributed by atoms with Crippen LogP contribution in [0, 0.1) is 12.3 Å². The van der Waals surface area contributed by atoms with Crippen molar-refractivity contribution < 1.29 is 9.47 Å². The maximum absolute atomic E-state index is 5.51. The first-order valence-corrected chi connectivity index (χ1v) is 5.58. The number of benzene rings is 1. The molecule has 1 aromatic carbocycles. The minimum atomic E-state index is -0.329. The highest BCUT2D eigenvalue weighted by molar-refractivity contribution is 5.45. The SMILES string of the molecule is C#CC(NN)c1ccc(OCC)c(OCC)c1. The van der Waals surface area contributed by atoms with E-state index in [1.54, 1.807) is 0 Å². The van der Waals surface area contributed by atoms with Crippen molar-refractivity contribution in [1.29, 1.82) is 0 Å². The molecule has 4 nitrogen and oxygen atoms in total. The Balaban J connectivity index is 3.04. The molecule has 4 heteroatoms. The Morgan fingerprint density at radius 2 is 1.94 bits per heavy atom. The maximum atomic E-state index is 5.51. The zero-order valence-electron chi connectivity index (χ0n) is 10.2. The van der Waals surface area contributed by atoms with Gasteiger partial charge in [0.1, 0.15) is 6.04 Å². The zero-order chi connectivity index (χ0) is 12.7. The summed E-state index contributed by atoms with van der Waals surface area (Å²) in [5.41, 5.74) is 3.43. The number of hydrogen-bond donors (Lipinski definition) is 2. The summed E-state index contributed by atoms with van der Waals surface area (Å²) in [6, 6.07) is 5.23. The number of terminal acetylenes is 1. The lowest BCUT2D eigenvalue weighted by Gasteiger charge is -2.15. The molecule has 0 bridgehead atoms. The Morgan fingerprint density at radius 1 is 1.29 bits per heavy atom. The molecule has 0 aromatic heterocycles. The summed E-state index contributed by atoms with van der Waals surface area (Å²) in [6.07, 6.45) is 5.37. The molecule has 0 saturated carbocycles. The third-order valence-electron chi connectivity index (χ3n) is 2.23. The van der Waals surface area contributed by atoms with Gasteiger partial charge in [-0.1, -0.05) is 12.0 Å². The number of rotatable bonds is 6. The van der Waals surface area contributed by atoms with Crippen molar-refractivity contribution in [3.05, 3.63) is 23.8 Å².